The largest absolute Gasteiger partial charge is 0.278 e. The summed E-state index contributed by atoms with van der Waals surface area (Å²) in [6, 6.07) is 38.1. The van der Waals surface area contributed by atoms with Crippen LogP contribution < -0.4 is 0 Å². The van der Waals surface area contributed by atoms with Gasteiger partial charge in [0.25, 0.3) is 0 Å². The smallest absolute Gasteiger partial charge is 0.238 e. The first-order valence-electron chi connectivity index (χ1n) is 13.3. The van der Waals surface area contributed by atoms with E-state index in [1.54, 1.807) is 22.7 Å². The average molecular weight is 562 g/mol. The van der Waals surface area contributed by atoms with Gasteiger partial charge in [-0.1, -0.05) is 66.7 Å². The van der Waals surface area contributed by atoms with Gasteiger partial charge < -0.3 is 0 Å². The average Bonchev–Trinajstić information content (AvgIpc) is 3.74. The van der Waals surface area contributed by atoms with Crippen LogP contribution in [0.2, 0.25) is 0 Å². The predicted molar refractivity (Wildman–Crippen MR) is 171 cm³/mol. The Kier molecular flexibility index (Phi) is 4.87. The number of benzene rings is 5. The van der Waals surface area contributed by atoms with E-state index >= 15 is 0 Å². The minimum absolute atomic E-state index is 0.600. The van der Waals surface area contributed by atoms with E-state index in [0.29, 0.717) is 17.6 Å². The number of rotatable bonds is 3. The fraction of sp³-hybridized carbons (Fsp3) is 0. The van der Waals surface area contributed by atoms with E-state index in [9.17, 15) is 0 Å². The normalized spacial score (nSPS) is 11.9. The van der Waals surface area contributed by atoms with Crippen molar-refractivity contribution in [2.24, 2.45) is 0 Å². The van der Waals surface area contributed by atoms with E-state index in [0.717, 1.165) is 32.4 Å². The van der Waals surface area contributed by atoms with Gasteiger partial charge in [0.2, 0.25) is 5.95 Å². The molecule has 0 aliphatic rings. The Morgan fingerprint density at radius 3 is 1.88 bits per heavy atom. The molecule has 0 radical (unpaired) electrons. The summed E-state index contributed by atoms with van der Waals surface area (Å²) in [6.45, 7) is 0. The molecule has 5 aromatic carbocycles. The molecule has 0 spiro atoms. The van der Waals surface area contributed by atoms with Gasteiger partial charge in [0.1, 0.15) is 0 Å². The van der Waals surface area contributed by atoms with E-state index in [2.05, 4.69) is 107 Å². The summed E-state index contributed by atoms with van der Waals surface area (Å²) in [6.07, 6.45) is 0. The van der Waals surface area contributed by atoms with Crippen molar-refractivity contribution in [3.8, 4) is 28.7 Å². The van der Waals surface area contributed by atoms with Gasteiger partial charge in [0.05, 0.1) is 26.8 Å². The molecule has 4 aromatic heterocycles. The maximum atomic E-state index is 5.12. The van der Waals surface area contributed by atoms with Crippen molar-refractivity contribution in [1.29, 1.82) is 0 Å². The van der Waals surface area contributed by atoms with Crippen LogP contribution in [0.25, 0.3) is 80.9 Å². The van der Waals surface area contributed by atoms with E-state index < -0.39 is 0 Å². The first kappa shape index (κ1) is 22.8. The van der Waals surface area contributed by atoms with Crippen LogP contribution in [0.5, 0.6) is 0 Å². The highest BCUT2D eigenvalue weighted by Gasteiger charge is 2.18. The van der Waals surface area contributed by atoms with Crippen LogP contribution in [0, 0.1) is 0 Å². The van der Waals surface area contributed by atoms with Crippen molar-refractivity contribution in [3.05, 3.63) is 115 Å². The van der Waals surface area contributed by atoms with Crippen molar-refractivity contribution in [2.45, 2.75) is 0 Å². The molecule has 9 aromatic rings. The molecule has 0 amide bonds. The third-order valence-corrected chi connectivity index (χ3v) is 9.56. The summed E-state index contributed by atoms with van der Waals surface area (Å²) in [7, 11) is 0. The summed E-state index contributed by atoms with van der Waals surface area (Å²) in [5.41, 5.74) is 6.89. The standard InChI is InChI=1S/C34H19N5S2/c1-4-10-27-22(7-1)23-8-2-5-11-28(23)39(27)34-37-32(36-33(38-34)21-14-16-26-31(18-21)40-19-35-26)20-13-15-25-24-9-3-6-12-29(24)41-30(25)17-20/h1-19H. The van der Waals surface area contributed by atoms with Crippen LogP contribution in [-0.2, 0) is 0 Å². The molecule has 5 nitrogen and oxygen atoms in total. The molecule has 9 rings (SSSR count). The predicted octanol–water partition coefficient (Wildman–Crippen LogP) is 9.28. The number of para-hydroxylation sites is 2. The van der Waals surface area contributed by atoms with Crippen LogP contribution >= 0.6 is 22.7 Å². The second-order valence-corrected chi connectivity index (χ2v) is 12.0. The number of hydrogen-bond donors (Lipinski definition) is 0. The van der Waals surface area contributed by atoms with Gasteiger partial charge in [-0.2, -0.15) is 9.97 Å². The summed E-state index contributed by atoms with van der Waals surface area (Å²) < 4.78 is 5.76. The highest BCUT2D eigenvalue weighted by Crippen LogP contribution is 2.37. The summed E-state index contributed by atoms with van der Waals surface area (Å²) in [5.74, 6) is 1.89. The molecule has 41 heavy (non-hydrogen) atoms. The number of nitrogens with zero attached hydrogens (tertiary/aromatic N) is 5. The molecule has 0 saturated heterocycles. The Hall–Kier alpha value is -4.98. The van der Waals surface area contributed by atoms with Gasteiger partial charge in [-0.05, 0) is 42.5 Å². The molecule has 0 atom stereocenters. The van der Waals surface area contributed by atoms with Crippen molar-refractivity contribution < 1.29 is 0 Å². The molecule has 0 aliphatic heterocycles. The van der Waals surface area contributed by atoms with Gasteiger partial charge in [-0.25, -0.2) is 9.97 Å². The molecule has 0 unspecified atom stereocenters. The van der Waals surface area contributed by atoms with Crippen molar-refractivity contribution >= 4 is 74.9 Å². The zero-order valence-electron chi connectivity index (χ0n) is 21.5. The Morgan fingerprint density at radius 2 is 1.12 bits per heavy atom. The topological polar surface area (TPSA) is 56.5 Å². The lowest BCUT2D eigenvalue weighted by Crippen LogP contribution is -2.06. The van der Waals surface area contributed by atoms with Crippen LogP contribution in [-0.4, -0.2) is 24.5 Å². The lowest BCUT2D eigenvalue weighted by Gasteiger charge is -2.11. The van der Waals surface area contributed by atoms with Gasteiger partial charge in [-0.3, -0.25) is 4.57 Å². The van der Waals surface area contributed by atoms with Crippen molar-refractivity contribution in [2.75, 3.05) is 0 Å². The summed E-state index contributed by atoms with van der Waals surface area (Å²) in [4.78, 5) is 19.7. The number of hydrogen-bond acceptors (Lipinski definition) is 6. The maximum absolute atomic E-state index is 5.12. The summed E-state index contributed by atoms with van der Waals surface area (Å²) >= 11 is 3.42. The minimum atomic E-state index is 0.600. The first-order chi connectivity index (χ1) is 20.3. The lowest BCUT2D eigenvalue weighted by atomic mass is 10.1. The molecular formula is C34H19N5S2. The monoisotopic (exact) mass is 561 g/mol. The zero-order valence-corrected chi connectivity index (χ0v) is 23.2. The Balaban J connectivity index is 1.33. The fourth-order valence-electron chi connectivity index (χ4n) is 5.72. The van der Waals surface area contributed by atoms with E-state index in [1.165, 1.54) is 30.9 Å². The van der Waals surface area contributed by atoms with E-state index in [-0.39, 0.29) is 0 Å². The maximum Gasteiger partial charge on any atom is 0.238 e. The van der Waals surface area contributed by atoms with Crippen LogP contribution in [0.4, 0.5) is 0 Å². The van der Waals surface area contributed by atoms with Crippen molar-refractivity contribution in [1.82, 2.24) is 24.5 Å². The Morgan fingerprint density at radius 1 is 0.512 bits per heavy atom. The van der Waals surface area contributed by atoms with Gasteiger partial charge in [0.15, 0.2) is 11.6 Å². The Labute approximate surface area is 242 Å². The van der Waals surface area contributed by atoms with Crippen LogP contribution in [0.15, 0.2) is 115 Å². The fourth-order valence-corrected chi connectivity index (χ4v) is 7.58. The molecule has 0 bridgehead atoms. The van der Waals surface area contributed by atoms with E-state index in [4.69, 9.17) is 15.0 Å². The molecule has 0 N–H and O–H groups in total. The Bertz CT molecular complexity index is 2400. The molecule has 192 valence electrons. The molecule has 7 heteroatoms. The van der Waals surface area contributed by atoms with Crippen LogP contribution in [0.3, 0.4) is 0 Å². The summed E-state index contributed by atoms with van der Waals surface area (Å²) in [5, 5.41) is 4.87. The molecule has 0 saturated carbocycles. The zero-order chi connectivity index (χ0) is 26.9. The molecule has 4 heterocycles. The third kappa shape index (κ3) is 3.53. The highest BCUT2D eigenvalue weighted by atomic mass is 32.1. The quantitative estimate of drug-likeness (QED) is 0.216. The van der Waals surface area contributed by atoms with Gasteiger partial charge in [0, 0.05) is 42.1 Å². The van der Waals surface area contributed by atoms with Crippen LogP contribution in [0.1, 0.15) is 0 Å². The second kappa shape index (κ2) is 8.76. The second-order valence-electron chi connectivity index (χ2n) is 10.00. The minimum Gasteiger partial charge on any atom is -0.278 e. The number of fused-ring (bicyclic) bond motifs is 7. The van der Waals surface area contributed by atoms with Gasteiger partial charge >= 0.3 is 0 Å². The number of thiazole rings is 1. The van der Waals surface area contributed by atoms with Gasteiger partial charge in [-0.15, -0.1) is 22.7 Å². The molecule has 0 aliphatic carbocycles. The third-order valence-electron chi connectivity index (χ3n) is 7.63. The molecular weight excluding hydrogens is 543 g/mol. The molecule has 0 fully saturated rings. The number of thiophene rings is 1. The number of aromatic nitrogens is 5. The highest BCUT2D eigenvalue weighted by molar-refractivity contribution is 7.25. The van der Waals surface area contributed by atoms with Crippen molar-refractivity contribution in [3.63, 3.8) is 0 Å². The lowest BCUT2D eigenvalue weighted by molar-refractivity contribution is 0.954. The SMILES string of the molecule is c1ccc2c(c1)sc1cc(-c3nc(-c4ccc5ncsc5c4)nc(-n4c5ccccc5c5ccccc54)n3)ccc12. The first-order valence-corrected chi connectivity index (χ1v) is 15.0. The van der Waals surface area contributed by atoms with E-state index in [1.807, 2.05) is 17.6 Å².